The van der Waals surface area contributed by atoms with Crippen LogP contribution in [0, 0.1) is 17.0 Å². The first-order valence-corrected chi connectivity index (χ1v) is 6.85. The van der Waals surface area contributed by atoms with E-state index in [9.17, 15) is 10.1 Å². The largest absolute Gasteiger partial charge is 0.357 e. The van der Waals surface area contributed by atoms with Crippen LogP contribution in [0.1, 0.15) is 10.6 Å². The number of anilines is 2. The lowest BCUT2D eigenvalue weighted by atomic mass is 10.3. The van der Waals surface area contributed by atoms with E-state index in [2.05, 4.69) is 15.3 Å². The van der Waals surface area contributed by atoms with Gasteiger partial charge < -0.3 is 10.2 Å². The van der Waals surface area contributed by atoms with E-state index in [4.69, 9.17) is 0 Å². The average Bonchev–Trinajstić information content (AvgIpc) is 2.89. The van der Waals surface area contributed by atoms with Crippen molar-refractivity contribution in [3.8, 4) is 0 Å². The van der Waals surface area contributed by atoms with E-state index in [1.165, 1.54) is 0 Å². The summed E-state index contributed by atoms with van der Waals surface area (Å²) in [4.78, 5) is 22.0. The molecule has 0 atom stereocenters. The Labute approximate surface area is 120 Å². The van der Waals surface area contributed by atoms with Crippen LogP contribution in [-0.2, 0) is 6.54 Å². The predicted molar refractivity (Wildman–Crippen MR) is 79.4 cm³/mol. The van der Waals surface area contributed by atoms with Gasteiger partial charge >= 0.3 is 5.69 Å². The lowest BCUT2D eigenvalue weighted by Crippen LogP contribution is -2.20. The highest BCUT2D eigenvalue weighted by Crippen LogP contribution is 2.30. The van der Waals surface area contributed by atoms with Gasteiger partial charge in [-0.3, -0.25) is 10.1 Å². The molecule has 20 heavy (non-hydrogen) atoms. The fraction of sp³-hybridized carbons (Fsp3) is 0.333. The van der Waals surface area contributed by atoms with E-state index in [0.717, 1.165) is 4.88 Å². The van der Waals surface area contributed by atoms with Crippen LogP contribution >= 0.6 is 11.3 Å². The highest BCUT2D eigenvalue weighted by molar-refractivity contribution is 7.09. The first-order valence-electron chi connectivity index (χ1n) is 5.97. The van der Waals surface area contributed by atoms with Crippen LogP contribution < -0.4 is 10.2 Å². The SMILES string of the molecule is CNc1nc(C)c([N+](=O)[O-])c(N(C)Cc2cccs2)n1. The second-order valence-electron chi connectivity index (χ2n) is 4.25. The molecule has 0 amide bonds. The summed E-state index contributed by atoms with van der Waals surface area (Å²) in [5, 5.41) is 16.0. The Morgan fingerprint density at radius 3 is 2.80 bits per heavy atom. The van der Waals surface area contributed by atoms with E-state index in [1.807, 2.05) is 17.5 Å². The van der Waals surface area contributed by atoms with Gasteiger partial charge in [-0.1, -0.05) is 6.07 Å². The minimum Gasteiger partial charge on any atom is -0.357 e. The van der Waals surface area contributed by atoms with Crippen molar-refractivity contribution in [1.82, 2.24) is 9.97 Å². The Balaban J connectivity index is 2.42. The standard InChI is InChI=1S/C12H15N5O2S/c1-8-10(17(18)19)11(15-12(13-2)14-8)16(3)7-9-5-4-6-20-9/h4-6H,7H2,1-3H3,(H,13,14,15). The Bertz CT molecular complexity index is 615. The molecule has 0 aliphatic rings. The van der Waals surface area contributed by atoms with Gasteiger partial charge in [-0.25, -0.2) is 4.98 Å². The summed E-state index contributed by atoms with van der Waals surface area (Å²) >= 11 is 1.60. The van der Waals surface area contributed by atoms with Gasteiger partial charge in [0.25, 0.3) is 0 Å². The number of aryl methyl sites for hydroxylation is 1. The molecule has 2 heterocycles. The van der Waals surface area contributed by atoms with Crippen LogP contribution in [0.5, 0.6) is 0 Å². The van der Waals surface area contributed by atoms with Crippen molar-refractivity contribution in [1.29, 1.82) is 0 Å². The van der Waals surface area contributed by atoms with E-state index < -0.39 is 4.92 Å². The Morgan fingerprint density at radius 1 is 1.50 bits per heavy atom. The molecule has 0 saturated carbocycles. The van der Waals surface area contributed by atoms with Gasteiger partial charge in [0.2, 0.25) is 11.8 Å². The maximum absolute atomic E-state index is 11.2. The maximum atomic E-state index is 11.2. The smallest absolute Gasteiger partial charge is 0.332 e. The number of hydrogen-bond donors (Lipinski definition) is 1. The highest BCUT2D eigenvalue weighted by atomic mass is 32.1. The third kappa shape index (κ3) is 2.85. The highest BCUT2D eigenvalue weighted by Gasteiger charge is 2.24. The molecule has 0 aliphatic heterocycles. The number of nitro groups is 1. The van der Waals surface area contributed by atoms with Crippen LogP contribution in [0.3, 0.4) is 0 Å². The second kappa shape index (κ2) is 5.83. The molecule has 0 unspecified atom stereocenters. The van der Waals surface area contributed by atoms with E-state index in [0.29, 0.717) is 24.0 Å². The quantitative estimate of drug-likeness (QED) is 0.673. The lowest BCUT2D eigenvalue weighted by molar-refractivity contribution is -0.385. The van der Waals surface area contributed by atoms with E-state index >= 15 is 0 Å². The molecule has 0 aromatic carbocycles. The molecular formula is C12H15N5O2S. The van der Waals surface area contributed by atoms with E-state index in [1.54, 1.807) is 37.3 Å². The fourth-order valence-electron chi connectivity index (χ4n) is 1.85. The molecule has 106 valence electrons. The average molecular weight is 293 g/mol. The third-order valence-electron chi connectivity index (χ3n) is 2.78. The zero-order valence-electron chi connectivity index (χ0n) is 11.5. The minimum atomic E-state index is -0.435. The topological polar surface area (TPSA) is 84.2 Å². The predicted octanol–water partition coefficient (Wildman–Crippen LogP) is 2.43. The van der Waals surface area contributed by atoms with Crippen molar-refractivity contribution in [2.75, 3.05) is 24.3 Å². The Kier molecular flexibility index (Phi) is 4.14. The summed E-state index contributed by atoms with van der Waals surface area (Å²) in [5.74, 6) is 0.696. The molecule has 0 bridgehead atoms. The molecule has 7 nitrogen and oxygen atoms in total. The normalized spacial score (nSPS) is 10.3. The van der Waals surface area contributed by atoms with Crippen molar-refractivity contribution in [2.24, 2.45) is 0 Å². The molecule has 0 aliphatic carbocycles. The van der Waals surface area contributed by atoms with Crippen LogP contribution in [0.4, 0.5) is 17.5 Å². The Hall–Kier alpha value is -2.22. The number of aromatic nitrogens is 2. The van der Waals surface area contributed by atoms with Crippen molar-refractivity contribution >= 4 is 28.8 Å². The summed E-state index contributed by atoms with van der Waals surface area (Å²) in [6, 6.07) is 3.94. The van der Waals surface area contributed by atoms with Crippen molar-refractivity contribution in [2.45, 2.75) is 13.5 Å². The van der Waals surface area contributed by atoms with Gasteiger partial charge in [0.15, 0.2) is 0 Å². The zero-order valence-corrected chi connectivity index (χ0v) is 12.3. The molecule has 2 aromatic heterocycles. The molecule has 0 spiro atoms. The summed E-state index contributed by atoms with van der Waals surface area (Å²) in [5.41, 5.74) is 0.297. The van der Waals surface area contributed by atoms with Crippen molar-refractivity contribution in [3.63, 3.8) is 0 Å². The molecule has 1 N–H and O–H groups in total. The van der Waals surface area contributed by atoms with Crippen molar-refractivity contribution < 1.29 is 4.92 Å². The molecule has 2 aromatic rings. The minimum absolute atomic E-state index is 0.0527. The van der Waals surface area contributed by atoms with Gasteiger partial charge in [0.05, 0.1) is 11.5 Å². The maximum Gasteiger partial charge on any atom is 0.332 e. The van der Waals surface area contributed by atoms with Crippen LogP contribution in [0.2, 0.25) is 0 Å². The fourth-order valence-corrected chi connectivity index (χ4v) is 2.61. The molecule has 8 heteroatoms. The molecule has 2 rings (SSSR count). The summed E-state index contributed by atoms with van der Waals surface area (Å²) in [6.45, 7) is 2.18. The first-order chi connectivity index (χ1) is 9.52. The monoisotopic (exact) mass is 293 g/mol. The molecule has 0 radical (unpaired) electrons. The number of nitrogens with zero attached hydrogens (tertiary/aromatic N) is 4. The summed E-state index contributed by atoms with van der Waals surface area (Å²) < 4.78 is 0. The number of rotatable bonds is 5. The van der Waals surface area contributed by atoms with Gasteiger partial charge in [-0.05, 0) is 18.4 Å². The number of hydrogen-bond acceptors (Lipinski definition) is 7. The van der Waals surface area contributed by atoms with Crippen molar-refractivity contribution in [3.05, 3.63) is 38.2 Å². The van der Waals surface area contributed by atoms with Crippen LogP contribution in [-0.4, -0.2) is 29.0 Å². The molecule has 0 fully saturated rings. The molecule has 0 saturated heterocycles. The number of nitrogens with one attached hydrogen (secondary N) is 1. The second-order valence-corrected chi connectivity index (χ2v) is 5.28. The van der Waals surface area contributed by atoms with Crippen LogP contribution in [0.15, 0.2) is 17.5 Å². The summed E-state index contributed by atoms with van der Waals surface area (Å²) in [6.07, 6.45) is 0. The third-order valence-corrected chi connectivity index (χ3v) is 3.64. The number of thiophene rings is 1. The van der Waals surface area contributed by atoms with E-state index in [-0.39, 0.29) is 5.69 Å². The van der Waals surface area contributed by atoms with Gasteiger partial charge in [0.1, 0.15) is 5.69 Å². The molecular weight excluding hydrogens is 278 g/mol. The Morgan fingerprint density at radius 2 is 2.25 bits per heavy atom. The lowest BCUT2D eigenvalue weighted by Gasteiger charge is -2.18. The van der Waals surface area contributed by atoms with Gasteiger partial charge in [-0.2, -0.15) is 4.98 Å². The summed E-state index contributed by atoms with van der Waals surface area (Å²) in [7, 11) is 3.47. The van der Waals surface area contributed by atoms with Gasteiger partial charge in [0, 0.05) is 19.0 Å². The first kappa shape index (κ1) is 14.2. The van der Waals surface area contributed by atoms with Gasteiger partial charge in [-0.15, -0.1) is 11.3 Å². The van der Waals surface area contributed by atoms with Crippen LogP contribution in [0.25, 0.3) is 0 Å². The zero-order chi connectivity index (χ0) is 14.7.